The van der Waals surface area contributed by atoms with Crippen LogP contribution >= 0.6 is 0 Å². The van der Waals surface area contributed by atoms with Crippen LogP contribution in [-0.2, 0) is 16.1 Å². The average Bonchev–Trinajstić information content (AvgIpc) is 3.45. The van der Waals surface area contributed by atoms with Gasteiger partial charge < -0.3 is 24.7 Å². The molecule has 2 fully saturated rings. The number of likely N-dealkylation sites (tertiary alicyclic amines) is 1. The van der Waals surface area contributed by atoms with Crippen molar-refractivity contribution in [3.05, 3.63) is 65.7 Å². The van der Waals surface area contributed by atoms with Gasteiger partial charge in [-0.05, 0) is 60.9 Å². The van der Waals surface area contributed by atoms with Gasteiger partial charge in [-0.2, -0.15) is 0 Å². The van der Waals surface area contributed by atoms with Gasteiger partial charge in [0.2, 0.25) is 0 Å². The van der Waals surface area contributed by atoms with E-state index in [-0.39, 0.29) is 5.91 Å². The highest BCUT2D eigenvalue weighted by atomic mass is 16.5. The van der Waals surface area contributed by atoms with E-state index in [1.165, 1.54) is 32.4 Å². The molecular weight excluding hydrogens is 448 g/mol. The summed E-state index contributed by atoms with van der Waals surface area (Å²) < 4.78 is 5.90. The molecule has 2 aliphatic rings. The van der Waals surface area contributed by atoms with E-state index >= 15 is 0 Å². The predicted octanol–water partition coefficient (Wildman–Crippen LogP) is 3.62. The van der Waals surface area contributed by atoms with Crippen LogP contribution in [0.2, 0.25) is 0 Å². The molecule has 1 heterocycles. The van der Waals surface area contributed by atoms with Crippen molar-refractivity contribution in [3.63, 3.8) is 0 Å². The molecule has 2 atom stereocenters. The third-order valence-corrected chi connectivity index (χ3v) is 6.58. The van der Waals surface area contributed by atoms with Gasteiger partial charge in [-0.25, -0.2) is 9.59 Å². The Kier molecular flexibility index (Phi) is 9.66. The molecule has 1 saturated carbocycles. The first-order chi connectivity index (χ1) is 16.8. The summed E-state index contributed by atoms with van der Waals surface area (Å²) in [6, 6.07) is 17.6. The lowest BCUT2D eigenvalue weighted by molar-refractivity contribution is -0.159. The third-order valence-electron chi connectivity index (χ3n) is 6.58. The largest absolute Gasteiger partial charge is 0.494 e. The number of benzene rings is 2. The minimum Gasteiger partial charge on any atom is -0.494 e. The second kappa shape index (κ2) is 12.9. The number of hydrogen-bond acceptors (Lipinski definition) is 5. The number of carboxylic acids is 2. The molecule has 8 nitrogen and oxygen atoms in total. The van der Waals surface area contributed by atoms with E-state index in [0.29, 0.717) is 12.1 Å². The lowest BCUT2D eigenvalue weighted by Gasteiger charge is -2.18. The van der Waals surface area contributed by atoms with Crippen molar-refractivity contribution in [3.8, 4) is 5.75 Å². The SMILES string of the molecule is CN(Cc1ccccc1)C(=O)c1ccc(OCCCN2CC3CCCC3C2)cc1.O=C(O)C(=O)O. The molecule has 0 bridgehead atoms. The van der Waals surface area contributed by atoms with Crippen LogP contribution in [0.5, 0.6) is 5.75 Å². The number of ether oxygens (including phenoxy) is 1. The summed E-state index contributed by atoms with van der Waals surface area (Å²) in [7, 11) is 1.84. The van der Waals surface area contributed by atoms with E-state index in [4.69, 9.17) is 24.5 Å². The molecule has 35 heavy (non-hydrogen) atoms. The lowest BCUT2D eigenvalue weighted by atomic mass is 10.0. The monoisotopic (exact) mass is 482 g/mol. The topological polar surface area (TPSA) is 107 Å². The van der Waals surface area contributed by atoms with Crippen molar-refractivity contribution in [2.75, 3.05) is 33.3 Å². The number of carbonyl (C=O) groups excluding carboxylic acids is 1. The molecule has 1 aliphatic heterocycles. The number of aliphatic carboxylic acids is 2. The number of amides is 1. The van der Waals surface area contributed by atoms with Crippen LogP contribution in [0.15, 0.2) is 54.6 Å². The predicted molar refractivity (Wildman–Crippen MR) is 131 cm³/mol. The van der Waals surface area contributed by atoms with Gasteiger partial charge in [0, 0.05) is 38.8 Å². The van der Waals surface area contributed by atoms with Gasteiger partial charge in [0.15, 0.2) is 0 Å². The van der Waals surface area contributed by atoms with Crippen LogP contribution in [0.3, 0.4) is 0 Å². The smallest absolute Gasteiger partial charge is 0.414 e. The number of carbonyl (C=O) groups is 3. The Bertz CT molecular complexity index is 955. The maximum atomic E-state index is 12.6. The minimum atomic E-state index is -1.82. The zero-order chi connectivity index (χ0) is 25.2. The summed E-state index contributed by atoms with van der Waals surface area (Å²) in [5.41, 5.74) is 1.82. The molecule has 0 spiro atoms. The third kappa shape index (κ3) is 8.10. The highest BCUT2D eigenvalue weighted by molar-refractivity contribution is 6.27. The highest BCUT2D eigenvalue weighted by Crippen LogP contribution is 2.37. The molecular formula is C27H34N2O6. The van der Waals surface area contributed by atoms with Crippen LogP contribution in [-0.4, -0.2) is 71.1 Å². The first kappa shape index (κ1) is 26.2. The van der Waals surface area contributed by atoms with E-state index in [1.807, 2.05) is 61.6 Å². The van der Waals surface area contributed by atoms with Crippen LogP contribution < -0.4 is 4.74 Å². The molecule has 2 N–H and O–H groups in total. The van der Waals surface area contributed by atoms with Gasteiger partial charge in [-0.15, -0.1) is 0 Å². The zero-order valence-electron chi connectivity index (χ0n) is 20.1. The fraction of sp³-hybridized carbons (Fsp3) is 0.444. The number of rotatable bonds is 8. The van der Waals surface area contributed by atoms with Gasteiger partial charge in [-0.3, -0.25) is 4.79 Å². The lowest BCUT2D eigenvalue weighted by Crippen LogP contribution is -2.26. The second-order valence-electron chi connectivity index (χ2n) is 9.19. The van der Waals surface area contributed by atoms with Crippen LogP contribution in [0.1, 0.15) is 41.6 Å². The maximum Gasteiger partial charge on any atom is 0.414 e. The Labute approximate surface area is 206 Å². The minimum absolute atomic E-state index is 0.0278. The van der Waals surface area contributed by atoms with E-state index in [9.17, 15) is 4.79 Å². The Hall–Kier alpha value is -3.39. The Balaban J connectivity index is 0.000000509. The number of nitrogens with zero attached hydrogens (tertiary/aromatic N) is 2. The fourth-order valence-corrected chi connectivity index (χ4v) is 4.84. The molecule has 0 radical (unpaired) electrons. The first-order valence-electron chi connectivity index (χ1n) is 12.0. The van der Waals surface area contributed by atoms with Gasteiger partial charge in [0.1, 0.15) is 5.75 Å². The standard InChI is InChI=1S/C25H32N2O2.C2H2O4/c1-26(17-20-7-3-2-4-8-20)25(28)21-11-13-24(14-12-21)29-16-6-15-27-18-22-9-5-10-23(22)19-27;3-1(4)2(5)6/h2-4,7-8,11-14,22-23H,5-6,9-10,15-19H2,1H3;(H,3,4)(H,5,6). The second-order valence-corrected chi connectivity index (χ2v) is 9.19. The summed E-state index contributed by atoms with van der Waals surface area (Å²) in [6.45, 7) is 5.05. The molecule has 8 heteroatoms. The van der Waals surface area contributed by atoms with Gasteiger partial charge in [-0.1, -0.05) is 36.8 Å². The molecule has 4 rings (SSSR count). The van der Waals surface area contributed by atoms with E-state index in [0.717, 1.165) is 42.7 Å². The zero-order valence-corrected chi connectivity index (χ0v) is 20.1. The van der Waals surface area contributed by atoms with Crippen molar-refractivity contribution < 1.29 is 29.3 Å². The van der Waals surface area contributed by atoms with E-state index in [1.54, 1.807) is 4.90 Å². The summed E-state index contributed by atoms with van der Waals surface area (Å²) in [4.78, 5) is 35.2. The van der Waals surface area contributed by atoms with Crippen molar-refractivity contribution in [2.45, 2.75) is 32.2 Å². The molecule has 2 unspecified atom stereocenters. The fourth-order valence-electron chi connectivity index (χ4n) is 4.84. The number of carboxylic acid groups (broad SMARTS) is 2. The molecule has 0 aromatic heterocycles. The van der Waals surface area contributed by atoms with Gasteiger partial charge in [0.25, 0.3) is 5.91 Å². The van der Waals surface area contributed by atoms with Crippen LogP contribution in [0.25, 0.3) is 0 Å². The molecule has 1 saturated heterocycles. The molecule has 1 aliphatic carbocycles. The van der Waals surface area contributed by atoms with Crippen molar-refractivity contribution in [1.29, 1.82) is 0 Å². The summed E-state index contributed by atoms with van der Waals surface area (Å²) in [5.74, 6) is -0.863. The van der Waals surface area contributed by atoms with Crippen LogP contribution in [0, 0.1) is 11.8 Å². The normalized spacial score (nSPS) is 18.8. The molecule has 188 valence electrons. The highest BCUT2D eigenvalue weighted by Gasteiger charge is 2.35. The van der Waals surface area contributed by atoms with Crippen molar-refractivity contribution in [2.24, 2.45) is 11.8 Å². The van der Waals surface area contributed by atoms with Gasteiger partial charge in [0.05, 0.1) is 6.61 Å². The summed E-state index contributed by atoms with van der Waals surface area (Å²) >= 11 is 0. The van der Waals surface area contributed by atoms with Crippen molar-refractivity contribution in [1.82, 2.24) is 9.80 Å². The maximum absolute atomic E-state index is 12.6. The van der Waals surface area contributed by atoms with Crippen molar-refractivity contribution >= 4 is 17.8 Å². The molecule has 2 aromatic carbocycles. The summed E-state index contributed by atoms with van der Waals surface area (Å²) in [5, 5.41) is 14.8. The number of fused-ring (bicyclic) bond motifs is 1. The molecule has 2 aromatic rings. The molecule has 1 amide bonds. The Morgan fingerprint density at radius 1 is 0.943 bits per heavy atom. The quantitative estimate of drug-likeness (QED) is 0.437. The number of hydrogen-bond donors (Lipinski definition) is 2. The van der Waals surface area contributed by atoms with Crippen LogP contribution in [0.4, 0.5) is 0 Å². The Morgan fingerprint density at radius 3 is 2.11 bits per heavy atom. The summed E-state index contributed by atoms with van der Waals surface area (Å²) in [6.07, 6.45) is 5.36. The van der Waals surface area contributed by atoms with Gasteiger partial charge >= 0.3 is 11.9 Å². The average molecular weight is 483 g/mol. The van der Waals surface area contributed by atoms with E-state index < -0.39 is 11.9 Å². The first-order valence-corrected chi connectivity index (χ1v) is 12.0. The Morgan fingerprint density at radius 2 is 1.54 bits per heavy atom. The van der Waals surface area contributed by atoms with E-state index in [2.05, 4.69) is 4.90 Å².